The van der Waals surface area contributed by atoms with E-state index >= 15 is 0 Å². The number of carbonyl (C=O) groups excluding carboxylic acids is 2. The Kier molecular flexibility index (Phi) is 5.59. The third kappa shape index (κ3) is 4.56. The summed E-state index contributed by atoms with van der Waals surface area (Å²) in [5, 5.41) is 2.11. The Labute approximate surface area is 144 Å². The molecule has 0 spiro atoms. The highest BCUT2D eigenvalue weighted by molar-refractivity contribution is 5.97. The summed E-state index contributed by atoms with van der Waals surface area (Å²) >= 11 is 0. The van der Waals surface area contributed by atoms with Gasteiger partial charge in [0.2, 0.25) is 5.91 Å². The van der Waals surface area contributed by atoms with E-state index in [1.165, 1.54) is 6.07 Å². The Bertz CT molecular complexity index is 836. The third-order valence-electron chi connectivity index (χ3n) is 3.54. The van der Waals surface area contributed by atoms with Crippen molar-refractivity contribution in [2.24, 2.45) is 5.73 Å². The van der Waals surface area contributed by atoms with Crippen LogP contribution in [0.1, 0.15) is 21.5 Å². The molecule has 0 bridgehead atoms. The van der Waals surface area contributed by atoms with Crippen LogP contribution in [0, 0.1) is 11.6 Å². The highest BCUT2D eigenvalue weighted by Crippen LogP contribution is 2.29. The Balaban J connectivity index is 2.21. The van der Waals surface area contributed by atoms with Crippen LogP contribution < -0.4 is 11.1 Å². The number of rotatable bonds is 5. The monoisotopic (exact) mass is 372 g/mol. The Hall–Kier alpha value is -2.97. The van der Waals surface area contributed by atoms with Gasteiger partial charge in [0.05, 0.1) is 11.1 Å². The fraction of sp³-hybridized carbons (Fsp3) is 0.176. The van der Waals surface area contributed by atoms with E-state index in [2.05, 4.69) is 5.32 Å². The number of hydrogen-bond acceptors (Lipinski definition) is 2. The van der Waals surface area contributed by atoms with Crippen LogP contribution >= 0.6 is 0 Å². The van der Waals surface area contributed by atoms with Gasteiger partial charge in [-0.05, 0) is 23.8 Å². The van der Waals surface area contributed by atoms with Crippen molar-refractivity contribution in [3.63, 3.8) is 0 Å². The van der Waals surface area contributed by atoms with E-state index in [-0.39, 0.29) is 12.0 Å². The first-order valence-electron chi connectivity index (χ1n) is 7.30. The molecule has 0 radical (unpaired) electrons. The minimum absolute atomic E-state index is 0.0867. The molecule has 0 saturated carbocycles. The number of alkyl halides is 3. The first-order chi connectivity index (χ1) is 12.1. The van der Waals surface area contributed by atoms with Crippen molar-refractivity contribution >= 4 is 11.8 Å². The van der Waals surface area contributed by atoms with Crippen molar-refractivity contribution in [1.82, 2.24) is 5.32 Å². The average Bonchev–Trinajstić information content (AvgIpc) is 2.56. The number of carbonyl (C=O) groups is 2. The topological polar surface area (TPSA) is 72.2 Å². The summed E-state index contributed by atoms with van der Waals surface area (Å²) in [4.78, 5) is 23.6. The highest BCUT2D eigenvalue weighted by atomic mass is 19.4. The van der Waals surface area contributed by atoms with Gasteiger partial charge >= 0.3 is 6.18 Å². The molecule has 2 amide bonds. The number of halogens is 5. The quantitative estimate of drug-likeness (QED) is 0.793. The maximum Gasteiger partial charge on any atom is 0.416 e. The van der Waals surface area contributed by atoms with Gasteiger partial charge in [-0.3, -0.25) is 9.59 Å². The smallest absolute Gasteiger partial charge is 0.368 e. The lowest BCUT2D eigenvalue weighted by Crippen LogP contribution is -2.46. The largest absolute Gasteiger partial charge is 0.416 e. The van der Waals surface area contributed by atoms with Gasteiger partial charge in [0.1, 0.15) is 6.04 Å². The van der Waals surface area contributed by atoms with E-state index in [9.17, 15) is 31.5 Å². The lowest BCUT2D eigenvalue weighted by molar-refractivity contribution is -0.137. The van der Waals surface area contributed by atoms with Gasteiger partial charge in [-0.25, -0.2) is 8.78 Å². The van der Waals surface area contributed by atoms with Crippen LogP contribution in [0.5, 0.6) is 0 Å². The molecule has 0 aromatic heterocycles. The second-order valence-electron chi connectivity index (χ2n) is 5.43. The molecule has 0 fully saturated rings. The summed E-state index contributed by atoms with van der Waals surface area (Å²) in [6.45, 7) is 0. The van der Waals surface area contributed by atoms with Crippen LogP contribution in [0.25, 0.3) is 0 Å². The molecule has 2 rings (SSSR count). The van der Waals surface area contributed by atoms with Crippen molar-refractivity contribution in [1.29, 1.82) is 0 Å². The summed E-state index contributed by atoms with van der Waals surface area (Å²) in [6.07, 6.45) is -4.92. The van der Waals surface area contributed by atoms with Gasteiger partial charge in [0, 0.05) is 6.42 Å². The molecule has 0 unspecified atom stereocenters. The van der Waals surface area contributed by atoms with Gasteiger partial charge < -0.3 is 11.1 Å². The molecule has 0 aliphatic rings. The lowest BCUT2D eigenvalue weighted by Gasteiger charge is -2.17. The summed E-state index contributed by atoms with van der Waals surface area (Å²) in [7, 11) is 0. The number of nitrogens with one attached hydrogen (secondary N) is 1. The maximum atomic E-state index is 13.6. The Morgan fingerprint density at radius 3 is 2.35 bits per heavy atom. The highest BCUT2D eigenvalue weighted by Gasteiger charge is 2.31. The minimum atomic E-state index is -4.58. The zero-order valence-corrected chi connectivity index (χ0v) is 13.1. The fourth-order valence-corrected chi connectivity index (χ4v) is 2.25. The van der Waals surface area contributed by atoms with Crippen molar-refractivity contribution in [2.75, 3.05) is 0 Å². The molecule has 138 valence electrons. The number of hydrogen-bond donors (Lipinski definition) is 2. The number of nitrogens with two attached hydrogens (primary N) is 1. The van der Waals surface area contributed by atoms with Crippen LogP contribution in [-0.4, -0.2) is 17.9 Å². The van der Waals surface area contributed by atoms with Crippen LogP contribution in [0.4, 0.5) is 22.0 Å². The molecule has 9 heteroatoms. The second kappa shape index (κ2) is 7.51. The molecule has 0 aliphatic heterocycles. The second-order valence-corrected chi connectivity index (χ2v) is 5.43. The number of benzene rings is 2. The molecule has 0 heterocycles. The molecule has 4 nitrogen and oxygen atoms in total. The predicted octanol–water partition coefficient (Wildman–Crippen LogP) is 2.81. The molecular weight excluding hydrogens is 359 g/mol. The maximum absolute atomic E-state index is 13.6. The van der Waals surface area contributed by atoms with Crippen LogP contribution in [0.2, 0.25) is 0 Å². The minimum Gasteiger partial charge on any atom is -0.368 e. The van der Waals surface area contributed by atoms with Gasteiger partial charge in [-0.1, -0.05) is 24.3 Å². The molecule has 0 saturated heterocycles. The summed E-state index contributed by atoms with van der Waals surface area (Å²) in [6, 6.07) is 5.61. The van der Waals surface area contributed by atoms with Crippen LogP contribution in [-0.2, 0) is 17.4 Å². The van der Waals surface area contributed by atoms with E-state index in [0.717, 1.165) is 36.4 Å². The normalized spacial score (nSPS) is 12.5. The fourth-order valence-electron chi connectivity index (χ4n) is 2.25. The standard InChI is InChI=1S/C17H13F5N2O2/c18-12-6-2-5-11(14(12)19)16(26)24-13(15(23)25)8-9-3-1-4-10(7-9)17(20,21)22/h1-7,13H,8H2,(H2,23,25)(H,24,26)/t13-/m1/s1. The first kappa shape index (κ1) is 19.4. The van der Waals surface area contributed by atoms with Crippen molar-refractivity contribution in [2.45, 2.75) is 18.6 Å². The molecule has 2 aromatic rings. The SMILES string of the molecule is NC(=O)[C@@H](Cc1cccc(C(F)(F)F)c1)NC(=O)c1cccc(F)c1F. The van der Waals surface area contributed by atoms with Gasteiger partial charge in [-0.15, -0.1) is 0 Å². The molecule has 1 atom stereocenters. The number of primary amides is 1. The lowest BCUT2D eigenvalue weighted by atomic mass is 10.0. The van der Waals surface area contributed by atoms with Crippen molar-refractivity contribution in [3.8, 4) is 0 Å². The van der Waals surface area contributed by atoms with Gasteiger partial charge in [0.15, 0.2) is 11.6 Å². The third-order valence-corrected chi connectivity index (χ3v) is 3.54. The molecule has 26 heavy (non-hydrogen) atoms. The van der Waals surface area contributed by atoms with E-state index < -0.39 is 46.8 Å². The molecule has 2 aromatic carbocycles. The first-order valence-corrected chi connectivity index (χ1v) is 7.30. The predicted molar refractivity (Wildman–Crippen MR) is 82.0 cm³/mol. The Morgan fingerprint density at radius 2 is 1.73 bits per heavy atom. The number of amides is 2. The van der Waals surface area contributed by atoms with Gasteiger partial charge in [0.25, 0.3) is 5.91 Å². The van der Waals surface area contributed by atoms with Gasteiger partial charge in [-0.2, -0.15) is 13.2 Å². The summed E-state index contributed by atoms with van der Waals surface area (Å²) < 4.78 is 65.0. The molecular formula is C17H13F5N2O2. The van der Waals surface area contributed by atoms with E-state index in [1.54, 1.807) is 0 Å². The molecule has 3 N–H and O–H groups in total. The van der Waals surface area contributed by atoms with E-state index in [0.29, 0.717) is 0 Å². The van der Waals surface area contributed by atoms with Crippen molar-refractivity contribution < 1.29 is 31.5 Å². The van der Waals surface area contributed by atoms with Crippen molar-refractivity contribution in [3.05, 3.63) is 70.8 Å². The van der Waals surface area contributed by atoms with Crippen LogP contribution in [0.3, 0.4) is 0 Å². The van der Waals surface area contributed by atoms with E-state index in [1.807, 2.05) is 0 Å². The average molecular weight is 372 g/mol. The van der Waals surface area contributed by atoms with Crippen LogP contribution in [0.15, 0.2) is 42.5 Å². The Morgan fingerprint density at radius 1 is 1.08 bits per heavy atom. The summed E-state index contributed by atoms with van der Waals surface area (Å²) in [5.74, 6) is -4.82. The zero-order valence-electron chi connectivity index (χ0n) is 13.1. The van der Waals surface area contributed by atoms with E-state index in [4.69, 9.17) is 5.73 Å². The molecule has 0 aliphatic carbocycles. The summed E-state index contributed by atoms with van der Waals surface area (Å²) in [5.41, 5.74) is 3.66. The zero-order chi connectivity index (χ0) is 19.5.